The lowest BCUT2D eigenvalue weighted by molar-refractivity contribution is 0.0690. The SMILES string of the molecule is Cc1sc(-c2cccc(OC(C)C)c2)nc1C(=O)O. The van der Waals surface area contributed by atoms with E-state index >= 15 is 0 Å². The van der Waals surface area contributed by atoms with Crippen molar-refractivity contribution in [3.8, 4) is 16.3 Å². The van der Waals surface area contributed by atoms with Crippen molar-refractivity contribution in [1.29, 1.82) is 0 Å². The number of carbonyl (C=O) groups is 1. The number of carboxylic acid groups (broad SMARTS) is 1. The van der Waals surface area contributed by atoms with Gasteiger partial charge in [0.15, 0.2) is 5.69 Å². The number of carboxylic acids is 1. The molecular weight excluding hydrogens is 262 g/mol. The Hall–Kier alpha value is -1.88. The van der Waals surface area contributed by atoms with Crippen LogP contribution in [0.5, 0.6) is 5.75 Å². The van der Waals surface area contributed by atoms with Gasteiger partial charge in [0.1, 0.15) is 10.8 Å². The van der Waals surface area contributed by atoms with E-state index in [1.807, 2.05) is 38.1 Å². The molecule has 5 heteroatoms. The molecule has 1 N–H and O–H groups in total. The minimum absolute atomic E-state index is 0.0999. The van der Waals surface area contributed by atoms with Crippen LogP contribution in [0.3, 0.4) is 0 Å². The molecule has 0 fully saturated rings. The molecule has 0 aliphatic carbocycles. The molecule has 0 unspecified atom stereocenters. The Bertz CT molecular complexity index is 604. The number of hydrogen-bond acceptors (Lipinski definition) is 4. The van der Waals surface area contributed by atoms with Crippen LogP contribution in [0, 0.1) is 6.92 Å². The molecule has 2 aromatic rings. The Morgan fingerprint density at radius 3 is 2.74 bits per heavy atom. The van der Waals surface area contributed by atoms with Crippen molar-refractivity contribution in [3.05, 3.63) is 34.8 Å². The summed E-state index contributed by atoms with van der Waals surface area (Å²) >= 11 is 1.38. The molecule has 0 radical (unpaired) electrons. The Morgan fingerprint density at radius 2 is 2.16 bits per heavy atom. The quantitative estimate of drug-likeness (QED) is 0.927. The molecular formula is C14H15NO3S. The van der Waals surface area contributed by atoms with E-state index in [1.165, 1.54) is 11.3 Å². The molecule has 0 aliphatic rings. The van der Waals surface area contributed by atoms with Crippen molar-refractivity contribution in [2.24, 2.45) is 0 Å². The van der Waals surface area contributed by atoms with Crippen molar-refractivity contribution in [3.63, 3.8) is 0 Å². The molecule has 2 rings (SSSR count). The maximum absolute atomic E-state index is 11.0. The number of aromatic nitrogens is 1. The van der Waals surface area contributed by atoms with Gasteiger partial charge < -0.3 is 9.84 Å². The predicted molar refractivity (Wildman–Crippen MR) is 75.0 cm³/mol. The van der Waals surface area contributed by atoms with E-state index in [0.717, 1.165) is 11.3 Å². The lowest BCUT2D eigenvalue weighted by Gasteiger charge is -2.09. The van der Waals surface area contributed by atoms with Gasteiger partial charge in [0.2, 0.25) is 0 Å². The second-order valence-electron chi connectivity index (χ2n) is 4.42. The molecule has 0 saturated heterocycles. The van der Waals surface area contributed by atoms with Gasteiger partial charge in [-0.05, 0) is 32.9 Å². The third-order valence-corrected chi connectivity index (χ3v) is 3.47. The van der Waals surface area contributed by atoms with Gasteiger partial charge in [0.25, 0.3) is 0 Å². The highest BCUT2D eigenvalue weighted by atomic mass is 32.1. The number of rotatable bonds is 4. The third-order valence-electron chi connectivity index (χ3n) is 2.45. The molecule has 0 bridgehead atoms. The molecule has 0 atom stereocenters. The van der Waals surface area contributed by atoms with E-state index in [9.17, 15) is 4.79 Å². The first-order valence-electron chi connectivity index (χ1n) is 5.95. The first-order valence-corrected chi connectivity index (χ1v) is 6.77. The molecule has 19 heavy (non-hydrogen) atoms. The van der Waals surface area contributed by atoms with E-state index < -0.39 is 5.97 Å². The van der Waals surface area contributed by atoms with Crippen molar-refractivity contribution >= 4 is 17.3 Å². The summed E-state index contributed by atoms with van der Waals surface area (Å²) in [6.45, 7) is 5.69. The van der Waals surface area contributed by atoms with Crippen LogP contribution < -0.4 is 4.74 Å². The lowest BCUT2D eigenvalue weighted by Crippen LogP contribution is -2.05. The third kappa shape index (κ3) is 3.12. The maximum Gasteiger partial charge on any atom is 0.355 e. The Balaban J connectivity index is 2.36. The van der Waals surface area contributed by atoms with Crippen LogP contribution in [0.25, 0.3) is 10.6 Å². The highest BCUT2D eigenvalue weighted by molar-refractivity contribution is 7.15. The topological polar surface area (TPSA) is 59.4 Å². The Morgan fingerprint density at radius 1 is 1.42 bits per heavy atom. The summed E-state index contributed by atoms with van der Waals surface area (Å²) in [6, 6.07) is 7.54. The number of nitrogens with zero attached hydrogens (tertiary/aromatic N) is 1. The zero-order valence-corrected chi connectivity index (χ0v) is 11.8. The summed E-state index contributed by atoms with van der Waals surface area (Å²) in [6.07, 6.45) is 0.0999. The van der Waals surface area contributed by atoms with Crippen LogP contribution in [0.4, 0.5) is 0 Å². The largest absolute Gasteiger partial charge is 0.491 e. The molecule has 0 amide bonds. The summed E-state index contributed by atoms with van der Waals surface area (Å²) < 4.78 is 5.62. The summed E-state index contributed by atoms with van der Waals surface area (Å²) in [5, 5.41) is 9.72. The smallest absolute Gasteiger partial charge is 0.355 e. The van der Waals surface area contributed by atoms with Gasteiger partial charge in [0.05, 0.1) is 6.10 Å². The predicted octanol–water partition coefficient (Wildman–Crippen LogP) is 3.60. The highest BCUT2D eigenvalue weighted by Gasteiger charge is 2.15. The van der Waals surface area contributed by atoms with Gasteiger partial charge in [-0.2, -0.15) is 0 Å². The van der Waals surface area contributed by atoms with E-state index in [-0.39, 0.29) is 11.8 Å². The normalized spacial score (nSPS) is 10.7. The molecule has 100 valence electrons. The second kappa shape index (κ2) is 5.40. The van der Waals surface area contributed by atoms with Crippen LogP contribution in [0.2, 0.25) is 0 Å². The van der Waals surface area contributed by atoms with Gasteiger partial charge in [-0.25, -0.2) is 9.78 Å². The summed E-state index contributed by atoms with van der Waals surface area (Å²) in [5.74, 6) is -0.230. The average molecular weight is 277 g/mol. The van der Waals surface area contributed by atoms with Gasteiger partial charge in [-0.3, -0.25) is 0 Å². The first-order chi connectivity index (χ1) is 8.97. The number of ether oxygens (including phenoxy) is 1. The highest BCUT2D eigenvalue weighted by Crippen LogP contribution is 2.30. The molecule has 1 aromatic heterocycles. The van der Waals surface area contributed by atoms with E-state index in [4.69, 9.17) is 9.84 Å². The summed E-state index contributed by atoms with van der Waals surface area (Å²) in [4.78, 5) is 15.9. The van der Waals surface area contributed by atoms with Crippen molar-refractivity contribution < 1.29 is 14.6 Å². The fraction of sp³-hybridized carbons (Fsp3) is 0.286. The maximum atomic E-state index is 11.0. The van der Waals surface area contributed by atoms with Crippen molar-refractivity contribution in [2.45, 2.75) is 26.9 Å². The van der Waals surface area contributed by atoms with Crippen LogP contribution in [0.15, 0.2) is 24.3 Å². The fourth-order valence-electron chi connectivity index (χ4n) is 1.69. The van der Waals surface area contributed by atoms with Gasteiger partial charge in [-0.1, -0.05) is 12.1 Å². The van der Waals surface area contributed by atoms with Crippen LogP contribution in [-0.4, -0.2) is 22.2 Å². The van der Waals surface area contributed by atoms with Crippen molar-refractivity contribution in [2.75, 3.05) is 0 Å². The molecule has 0 spiro atoms. The Labute approximate surface area is 115 Å². The zero-order valence-electron chi connectivity index (χ0n) is 11.0. The van der Waals surface area contributed by atoms with Gasteiger partial charge >= 0.3 is 5.97 Å². The standard InChI is InChI=1S/C14H15NO3S/c1-8(2)18-11-6-4-5-10(7-11)13-15-12(14(16)17)9(3)19-13/h4-8H,1-3H3,(H,16,17). The molecule has 1 aromatic carbocycles. The minimum atomic E-state index is -0.991. The zero-order chi connectivity index (χ0) is 14.0. The second-order valence-corrected chi connectivity index (χ2v) is 5.63. The van der Waals surface area contributed by atoms with Crippen LogP contribution in [-0.2, 0) is 0 Å². The summed E-state index contributed by atoms with van der Waals surface area (Å²) in [5.41, 5.74) is 0.994. The lowest BCUT2D eigenvalue weighted by atomic mass is 10.2. The fourth-order valence-corrected chi connectivity index (χ4v) is 2.59. The van der Waals surface area contributed by atoms with E-state index in [0.29, 0.717) is 9.88 Å². The van der Waals surface area contributed by atoms with E-state index in [2.05, 4.69) is 4.98 Å². The molecule has 0 saturated carbocycles. The van der Waals surface area contributed by atoms with Gasteiger partial charge in [-0.15, -0.1) is 11.3 Å². The van der Waals surface area contributed by atoms with Crippen LogP contribution >= 0.6 is 11.3 Å². The minimum Gasteiger partial charge on any atom is -0.491 e. The summed E-state index contributed by atoms with van der Waals surface area (Å²) in [7, 11) is 0. The number of thiazole rings is 1. The number of hydrogen-bond donors (Lipinski definition) is 1. The Kier molecular flexibility index (Phi) is 3.85. The van der Waals surface area contributed by atoms with E-state index in [1.54, 1.807) is 6.92 Å². The number of benzene rings is 1. The number of aryl methyl sites for hydroxylation is 1. The monoisotopic (exact) mass is 277 g/mol. The molecule has 1 heterocycles. The van der Waals surface area contributed by atoms with Crippen LogP contribution in [0.1, 0.15) is 29.2 Å². The average Bonchev–Trinajstić information content (AvgIpc) is 2.71. The molecule has 4 nitrogen and oxygen atoms in total. The number of aromatic carboxylic acids is 1. The first kappa shape index (κ1) is 13.5. The van der Waals surface area contributed by atoms with Gasteiger partial charge in [0, 0.05) is 10.4 Å². The van der Waals surface area contributed by atoms with Crippen molar-refractivity contribution in [1.82, 2.24) is 4.98 Å². The molecule has 0 aliphatic heterocycles.